The molecular weight excluding hydrogens is 276 g/mol. The third-order valence-electron chi connectivity index (χ3n) is 3.30. The Bertz CT molecular complexity index is 681. The summed E-state index contributed by atoms with van der Waals surface area (Å²) in [4.78, 5) is 25.1. The molecule has 0 atom stereocenters. The first kappa shape index (κ1) is 12.8. The number of nitrogens with zero attached hydrogens (tertiary/aromatic N) is 2. The van der Waals surface area contributed by atoms with E-state index in [4.69, 9.17) is 5.11 Å². The second-order valence-corrected chi connectivity index (χ2v) is 5.38. The predicted molar refractivity (Wildman–Crippen MR) is 75.5 cm³/mol. The highest BCUT2D eigenvalue weighted by Crippen LogP contribution is 2.28. The van der Waals surface area contributed by atoms with Gasteiger partial charge in [0.25, 0.3) is 5.91 Å². The Kier molecular flexibility index (Phi) is 3.23. The Morgan fingerprint density at radius 3 is 2.85 bits per heavy atom. The Morgan fingerprint density at radius 2 is 2.10 bits per heavy atom. The van der Waals surface area contributed by atoms with Gasteiger partial charge in [-0.3, -0.25) is 4.79 Å². The van der Waals surface area contributed by atoms with Gasteiger partial charge in [-0.2, -0.15) is 4.37 Å². The van der Waals surface area contributed by atoms with Crippen molar-refractivity contribution in [3.05, 3.63) is 46.5 Å². The zero-order valence-corrected chi connectivity index (χ0v) is 11.4. The first-order valence-corrected chi connectivity index (χ1v) is 7.04. The zero-order valence-electron chi connectivity index (χ0n) is 10.6. The van der Waals surface area contributed by atoms with Gasteiger partial charge in [-0.05, 0) is 42.1 Å². The van der Waals surface area contributed by atoms with E-state index in [-0.39, 0.29) is 16.5 Å². The van der Waals surface area contributed by atoms with Crippen molar-refractivity contribution in [1.82, 2.24) is 4.37 Å². The standard InChI is InChI=1S/C14H12N2O3S/c17-13(10-8-12(14(18)19)20-15-10)16-7-3-5-9-4-1-2-6-11(9)16/h1-2,4,6,8H,3,5,7H2,(H,18,19). The molecule has 102 valence electrons. The van der Waals surface area contributed by atoms with Crippen LogP contribution in [0.15, 0.2) is 30.3 Å². The summed E-state index contributed by atoms with van der Waals surface area (Å²) in [7, 11) is 0. The van der Waals surface area contributed by atoms with E-state index >= 15 is 0 Å². The fourth-order valence-electron chi connectivity index (χ4n) is 2.36. The maximum atomic E-state index is 12.5. The van der Waals surface area contributed by atoms with Gasteiger partial charge in [-0.25, -0.2) is 4.79 Å². The molecule has 0 aliphatic carbocycles. The van der Waals surface area contributed by atoms with E-state index in [0.717, 1.165) is 35.6 Å². The number of hydrogen-bond acceptors (Lipinski definition) is 4. The van der Waals surface area contributed by atoms with Gasteiger partial charge in [-0.1, -0.05) is 18.2 Å². The number of aromatic carboxylic acids is 1. The van der Waals surface area contributed by atoms with Crippen molar-refractivity contribution in [2.45, 2.75) is 12.8 Å². The number of amides is 1. The Labute approximate surface area is 119 Å². The van der Waals surface area contributed by atoms with Gasteiger partial charge in [0.15, 0.2) is 0 Å². The number of aromatic nitrogens is 1. The lowest BCUT2D eigenvalue weighted by atomic mass is 10.0. The predicted octanol–water partition coefficient (Wildman–Crippen LogP) is 2.43. The van der Waals surface area contributed by atoms with E-state index in [1.54, 1.807) is 4.90 Å². The minimum atomic E-state index is -1.06. The Balaban J connectivity index is 1.93. The zero-order chi connectivity index (χ0) is 14.1. The molecule has 2 heterocycles. The average Bonchev–Trinajstić information content (AvgIpc) is 2.96. The van der Waals surface area contributed by atoms with E-state index in [1.807, 2.05) is 24.3 Å². The summed E-state index contributed by atoms with van der Waals surface area (Å²) in [6.07, 6.45) is 1.86. The molecule has 1 aromatic carbocycles. The van der Waals surface area contributed by atoms with Crippen LogP contribution in [0.1, 0.15) is 32.1 Å². The maximum absolute atomic E-state index is 12.5. The highest BCUT2D eigenvalue weighted by atomic mass is 32.1. The Hall–Kier alpha value is -2.21. The molecule has 0 unspecified atom stereocenters. The molecule has 0 radical (unpaired) electrons. The Morgan fingerprint density at radius 1 is 1.30 bits per heavy atom. The fraction of sp³-hybridized carbons (Fsp3) is 0.214. The molecule has 1 N–H and O–H groups in total. The van der Waals surface area contributed by atoms with E-state index in [1.165, 1.54) is 6.07 Å². The molecule has 6 heteroatoms. The molecule has 0 saturated heterocycles. The topological polar surface area (TPSA) is 70.5 Å². The van der Waals surface area contributed by atoms with Crippen LogP contribution in [0.25, 0.3) is 0 Å². The quantitative estimate of drug-likeness (QED) is 0.921. The fourth-order valence-corrected chi connectivity index (χ4v) is 2.93. The van der Waals surface area contributed by atoms with Gasteiger partial charge in [-0.15, -0.1) is 0 Å². The van der Waals surface area contributed by atoms with Crippen LogP contribution in [-0.2, 0) is 6.42 Å². The largest absolute Gasteiger partial charge is 0.477 e. The van der Waals surface area contributed by atoms with Crippen molar-refractivity contribution in [2.75, 3.05) is 11.4 Å². The van der Waals surface area contributed by atoms with E-state index in [0.29, 0.717) is 6.54 Å². The van der Waals surface area contributed by atoms with Gasteiger partial charge >= 0.3 is 5.97 Å². The monoisotopic (exact) mass is 288 g/mol. The van der Waals surface area contributed by atoms with Gasteiger partial charge in [0.2, 0.25) is 0 Å². The summed E-state index contributed by atoms with van der Waals surface area (Å²) < 4.78 is 3.96. The van der Waals surface area contributed by atoms with Crippen molar-refractivity contribution in [1.29, 1.82) is 0 Å². The molecule has 2 aromatic rings. The summed E-state index contributed by atoms with van der Waals surface area (Å²) in [5.74, 6) is -1.29. The second kappa shape index (κ2) is 5.05. The number of anilines is 1. The number of carboxylic acid groups (broad SMARTS) is 1. The van der Waals surface area contributed by atoms with E-state index < -0.39 is 5.97 Å². The molecular formula is C14H12N2O3S. The molecule has 3 rings (SSSR count). The van der Waals surface area contributed by atoms with Gasteiger partial charge in [0, 0.05) is 12.2 Å². The minimum absolute atomic E-state index is 0.0821. The van der Waals surface area contributed by atoms with Crippen LogP contribution in [0.4, 0.5) is 5.69 Å². The minimum Gasteiger partial charge on any atom is -0.477 e. The normalized spacial score (nSPS) is 13.9. The molecule has 0 saturated carbocycles. The number of fused-ring (bicyclic) bond motifs is 1. The van der Waals surface area contributed by atoms with Gasteiger partial charge in [0.05, 0.1) is 0 Å². The number of rotatable bonds is 2. The molecule has 1 aromatic heterocycles. The van der Waals surface area contributed by atoms with Crippen molar-refractivity contribution < 1.29 is 14.7 Å². The summed E-state index contributed by atoms with van der Waals surface area (Å²) in [5.41, 5.74) is 2.23. The van der Waals surface area contributed by atoms with E-state index in [9.17, 15) is 9.59 Å². The summed E-state index contributed by atoms with van der Waals surface area (Å²) in [6.45, 7) is 0.635. The van der Waals surface area contributed by atoms with Crippen LogP contribution in [-0.4, -0.2) is 27.9 Å². The number of carboxylic acids is 1. The molecule has 1 amide bonds. The highest BCUT2D eigenvalue weighted by Gasteiger charge is 2.25. The van der Waals surface area contributed by atoms with Crippen LogP contribution in [0.5, 0.6) is 0 Å². The van der Waals surface area contributed by atoms with Gasteiger partial charge < -0.3 is 10.0 Å². The smallest absolute Gasteiger partial charge is 0.347 e. The number of benzene rings is 1. The number of aryl methyl sites for hydroxylation is 1. The molecule has 1 aliphatic rings. The van der Waals surface area contributed by atoms with Gasteiger partial charge in [0.1, 0.15) is 10.6 Å². The van der Waals surface area contributed by atoms with Crippen LogP contribution in [0.2, 0.25) is 0 Å². The second-order valence-electron chi connectivity index (χ2n) is 4.57. The summed E-state index contributed by atoms with van der Waals surface area (Å²) >= 11 is 0.834. The molecule has 5 nitrogen and oxygen atoms in total. The maximum Gasteiger partial charge on any atom is 0.347 e. The summed E-state index contributed by atoms with van der Waals surface area (Å²) in [5, 5.41) is 8.89. The van der Waals surface area contributed by atoms with Crippen molar-refractivity contribution in [3.63, 3.8) is 0 Å². The first-order valence-electron chi connectivity index (χ1n) is 6.26. The highest BCUT2D eigenvalue weighted by molar-refractivity contribution is 7.08. The van der Waals surface area contributed by atoms with Crippen LogP contribution >= 0.6 is 11.5 Å². The lowest BCUT2D eigenvalue weighted by Crippen LogP contribution is -2.35. The molecule has 20 heavy (non-hydrogen) atoms. The third kappa shape index (κ3) is 2.18. The summed E-state index contributed by atoms with van der Waals surface area (Å²) in [6, 6.07) is 9.12. The third-order valence-corrected chi connectivity index (χ3v) is 4.07. The molecule has 0 bridgehead atoms. The molecule has 0 spiro atoms. The van der Waals surface area contributed by atoms with Crippen molar-refractivity contribution in [3.8, 4) is 0 Å². The lowest BCUT2D eigenvalue weighted by molar-refractivity contribution is 0.0702. The van der Waals surface area contributed by atoms with Crippen molar-refractivity contribution in [2.24, 2.45) is 0 Å². The van der Waals surface area contributed by atoms with Crippen LogP contribution in [0, 0.1) is 0 Å². The van der Waals surface area contributed by atoms with Crippen LogP contribution < -0.4 is 4.90 Å². The number of carbonyl (C=O) groups excluding carboxylic acids is 1. The molecule has 1 aliphatic heterocycles. The number of hydrogen-bond donors (Lipinski definition) is 1. The SMILES string of the molecule is O=C(O)c1cc(C(=O)N2CCCc3ccccc32)ns1. The number of para-hydroxylation sites is 1. The lowest BCUT2D eigenvalue weighted by Gasteiger charge is -2.28. The average molecular weight is 288 g/mol. The van der Waals surface area contributed by atoms with E-state index in [2.05, 4.69) is 4.37 Å². The first-order chi connectivity index (χ1) is 9.66. The van der Waals surface area contributed by atoms with Crippen molar-refractivity contribution >= 4 is 29.1 Å². The molecule has 0 fully saturated rings. The number of carbonyl (C=O) groups is 2. The van der Waals surface area contributed by atoms with Crippen LogP contribution in [0.3, 0.4) is 0 Å².